The fraction of sp³-hybridized carbons (Fsp3) is 0.312. The molecule has 0 fully saturated rings. The zero-order valence-electron chi connectivity index (χ0n) is 14.4. The molecule has 0 unspecified atom stereocenters. The van der Waals surface area contributed by atoms with Crippen molar-refractivity contribution in [2.45, 2.75) is 25.3 Å². The number of esters is 2. The van der Waals surface area contributed by atoms with Gasteiger partial charge in [-0.3, -0.25) is 4.79 Å². The number of hydrogen-bond acceptors (Lipinski definition) is 8. The van der Waals surface area contributed by atoms with Crippen LogP contribution in [0.15, 0.2) is 33.7 Å². The van der Waals surface area contributed by atoms with Crippen LogP contribution in [0.3, 0.4) is 0 Å². The van der Waals surface area contributed by atoms with E-state index in [9.17, 15) is 18.0 Å². The SMILES string of the molecule is COC(=O)c1cccc(COC(=O)CNS(=O)(=O)c2c(C)noc2C)c1. The van der Waals surface area contributed by atoms with Crippen molar-refractivity contribution in [3.05, 3.63) is 46.8 Å². The maximum atomic E-state index is 12.2. The van der Waals surface area contributed by atoms with Gasteiger partial charge in [-0.05, 0) is 31.5 Å². The van der Waals surface area contributed by atoms with Crippen LogP contribution in [0.4, 0.5) is 0 Å². The third-order valence-corrected chi connectivity index (χ3v) is 5.04. The number of carbonyl (C=O) groups is 2. The summed E-state index contributed by atoms with van der Waals surface area (Å²) in [5, 5.41) is 3.57. The second kappa shape index (κ2) is 8.11. The summed E-state index contributed by atoms with van der Waals surface area (Å²) in [5.74, 6) is -1.16. The maximum Gasteiger partial charge on any atom is 0.337 e. The molecule has 2 aromatic rings. The van der Waals surface area contributed by atoms with Gasteiger partial charge >= 0.3 is 11.9 Å². The van der Waals surface area contributed by atoms with Crippen LogP contribution in [0.1, 0.15) is 27.4 Å². The van der Waals surface area contributed by atoms with Crippen molar-refractivity contribution in [3.63, 3.8) is 0 Å². The van der Waals surface area contributed by atoms with Crippen LogP contribution < -0.4 is 4.72 Å². The molecule has 140 valence electrons. The minimum atomic E-state index is -3.95. The first kappa shape index (κ1) is 19.6. The summed E-state index contributed by atoms with van der Waals surface area (Å²) in [6, 6.07) is 6.37. The minimum Gasteiger partial charge on any atom is -0.465 e. The average molecular weight is 382 g/mol. The fourth-order valence-corrected chi connectivity index (χ4v) is 3.50. The molecule has 1 aromatic heterocycles. The quantitative estimate of drug-likeness (QED) is 0.706. The molecule has 0 saturated heterocycles. The van der Waals surface area contributed by atoms with E-state index < -0.39 is 28.5 Å². The van der Waals surface area contributed by atoms with E-state index in [2.05, 4.69) is 14.6 Å². The first-order valence-electron chi connectivity index (χ1n) is 7.50. The van der Waals surface area contributed by atoms with Gasteiger partial charge in [0.1, 0.15) is 23.7 Å². The van der Waals surface area contributed by atoms with Crippen molar-refractivity contribution >= 4 is 22.0 Å². The largest absolute Gasteiger partial charge is 0.465 e. The van der Waals surface area contributed by atoms with E-state index in [4.69, 9.17) is 9.26 Å². The lowest BCUT2D eigenvalue weighted by molar-refractivity contribution is -0.143. The first-order chi connectivity index (χ1) is 12.2. The van der Waals surface area contributed by atoms with Gasteiger partial charge in [0.2, 0.25) is 10.0 Å². The third kappa shape index (κ3) is 4.67. The summed E-state index contributed by atoms with van der Waals surface area (Å²) in [5.41, 5.74) is 1.08. The molecule has 0 bridgehead atoms. The van der Waals surface area contributed by atoms with Crippen LogP contribution in [-0.2, 0) is 30.9 Å². The molecule has 1 aromatic carbocycles. The molecule has 0 amide bonds. The topological polar surface area (TPSA) is 125 Å². The number of rotatable bonds is 7. The molecule has 0 saturated carbocycles. The van der Waals surface area contributed by atoms with Crippen LogP contribution in [-0.4, -0.2) is 39.2 Å². The van der Waals surface area contributed by atoms with E-state index >= 15 is 0 Å². The molecule has 0 aliphatic heterocycles. The minimum absolute atomic E-state index is 0.101. The molecular weight excluding hydrogens is 364 g/mol. The van der Waals surface area contributed by atoms with Crippen molar-refractivity contribution in [2.24, 2.45) is 0 Å². The Kier molecular flexibility index (Phi) is 6.11. The normalized spacial score (nSPS) is 11.2. The van der Waals surface area contributed by atoms with Crippen molar-refractivity contribution in [1.29, 1.82) is 0 Å². The number of benzene rings is 1. The van der Waals surface area contributed by atoms with E-state index in [0.717, 1.165) is 0 Å². The molecule has 2 rings (SSSR count). The van der Waals surface area contributed by atoms with Gasteiger partial charge in [0.25, 0.3) is 0 Å². The first-order valence-corrected chi connectivity index (χ1v) is 8.98. The summed E-state index contributed by atoms with van der Waals surface area (Å²) in [4.78, 5) is 23.2. The predicted octanol–water partition coefficient (Wildman–Crippen LogP) is 1.10. The fourth-order valence-electron chi connectivity index (χ4n) is 2.21. The zero-order valence-corrected chi connectivity index (χ0v) is 15.3. The molecular formula is C16H18N2O7S. The van der Waals surface area contributed by atoms with Gasteiger partial charge in [0.15, 0.2) is 5.76 Å². The molecule has 0 aliphatic carbocycles. The van der Waals surface area contributed by atoms with E-state index in [0.29, 0.717) is 11.1 Å². The number of sulfonamides is 1. The van der Waals surface area contributed by atoms with Crippen LogP contribution in [0.25, 0.3) is 0 Å². The molecule has 1 N–H and O–H groups in total. The van der Waals surface area contributed by atoms with Crippen LogP contribution in [0.5, 0.6) is 0 Å². The van der Waals surface area contributed by atoms with E-state index in [1.54, 1.807) is 18.2 Å². The molecule has 0 radical (unpaired) electrons. The highest BCUT2D eigenvalue weighted by Crippen LogP contribution is 2.18. The Morgan fingerprint density at radius 2 is 2.00 bits per heavy atom. The monoisotopic (exact) mass is 382 g/mol. The Bertz CT molecular complexity index is 899. The average Bonchev–Trinajstić information content (AvgIpc) is 2.97. The Hall–Kier alpha value is -2.72. The predicted molar refractivity (Wildman–Crippen MR) is 88.7 cm³/mol. The summed E-state index contributed by atoms with van der Waals surface area (Å²) in [6.45, 7) is 2.28. The highest BCUT2D eigenvalue weighted by molar-refractivity contribution is 7.89. The molecule has 9 nitrogen and oxygen atoms in total. The molecule has 26 heavy (non-hydrogen) atoms. The Morgan fingerprint density at radius 3 is 2.62 bits per heavy atom. The second-order valence-corrected chi connectivity index (χ2v) is 7.03. The molecule has 0 spiro atoms. The lowest BCUT2D eigenvalue weighted by Crippen LogP contribution is -2.31. The van der Waals surface area contributed by atoms with Gasteiger partial charge in [-0.15, -0.1) is 0 Å². The zero-order chi connectivity index (χ0) is 19.3. The highest BCUT2D eigenvalue weighted by atomic mass is 32.2. The van der Waals surface area contributed by atoms with Gasteiger partial charge in [0.05, 0.1) is 12.7 Å². The van der Waals surface area contributed by atoms with Gasteiger partial charge in [0, 0.05) is 0 Å². The third-order valence-electron chi connectivity index (χ3n) is 3.39. The lowest BCUT2D eigenvalue weighted by Gasteiger charge is -2.08. The Labute approximate surface area is 150 Å². The number of methoxy groups -OCH3 is 1. The summed E-state index contributed by atoms with van der Waals surface area (Å²) in [6.07, 6.45) is 0. The molecule has 0 atom stereocenters. The van der Waals surface area contributed by atoms with Gasteiger partial charge < -0.3 is 14.0 Å². The Balaban J connectivity index is 1.93. The molecule has 1 heterocycles. The van der Waals surface area contributed by atoms with Gasteiger partial charge in [-0.1, -0.05) is 17.3 Å². The number of nitrogens with one attached hydrogen (secondary N) is 1. The van der Waals surface area contributed by atoms with Gasteiger partial charge in [-0.25, -0.2) is 13.2 Å². The smallest absolute Gasteiger partial charge is 0.337 e. The number of hydrogen-bond donors (Lipinski definition) is 1. The van der Waals surface area contributed by atoms with E-state index in [1.165, 1.54) is 27.0 Å². The number of aromatic nitrogens is 1. The number of nitrogens with zero attached hydrogens (tertiary/aromatic N) is 1. The summed E-state index contributed by atoms with van der Waals surface area (Å²) in [7, 11) is -2.68. The van der Waals surface area contributed by atoms with Crippen LogP contribution in [0.2, 0.25) is 0 Å². The second-order valence-electron chi connectivity index (χ2n) is 5.33. The number of aryl methyl sites for hydroxylation is 2. The maximum absolute atomic E-state index is 12.2. The number of carbonyl (C=O) groups excluding carboxylic acids is 2. The number of ether oxygens (including phenoxy) is 2. The van der Waals surface area contributed by atoms with E-state index in [1.807, 2.05) is 0 Å². The summed E-state index contributed by atoms with van der Waals surface area (Å²) >= 11 is 0. The molecule has 0 aliphatic rings. The highest BCUT2D eigenvalue weighted by Gasteiger charge is 2.24. The van der Waals surface area contributed by atoms with Gasteiger partial charge in [-0.2, -0.15) is 4.72 Å². The van der Waals surface area contributed by atoms with Crippen molar-refractivity contribution in [3.8, 4) is 0 Å². The van der Waals surface area contributed by atoms with Crippen molar-refractivity contribution in [2.75, 3.05) is 13.7 Å². The summed E-state index contributed by atoms with van der Waals surface area (Å²) < 4.78 is 41.0. The van der Waals surface area contributed by atoms with Crippen molar-refractivity contribution in [1.82, 2.24) is 9.88 Å². The lowest BCUT2D eigenvalue weighted by atomic mass is 10.1. The van der Waals surface area contributed by atoms with Crippen molar-refractivity contribution < 1.29 is 32.0 Å². The van der Waals surface area contributed by atoms with Crippen LogP contribution in [0, 0.1) is 13.8 Å². The standard InChI is InChI=1S/C16H18N2O7S/c1-10-15(11(2)25-18-10)26(21,22)17-8-14(19)24-9-12-5-4-6-13(7-12)16(20)23-3/h4-7,17H,8-9H2,1-3H3. The Morgan fingerprint density at radius 1 is 1.27 bits per heavy atom. The molecule has 10 heteroatoms. The van der Waals surface area contributed by atoms with E-state index in [-0.39, 0.29) is 23.0 Å². The van der Waals surface area contributed by atoms with Crippen LogP contribution >= 0.6 is 0 Å².